The molecule has 2 atom stereocenters. The van der Waals surface area contributed by atoms with Crippen LogP contribution in [0.25, 0.3) is 11.3 Å². The van der Waals surface area contributed by atoms with Crippen LogP contribution in [-0.2, 0) is 16.4 Å². The monoisotopic (exact) mass is 477 g/mol. The van der Waals surface area contributed by atoms with E-state index in [-0.39, 0.29) is 48.8 Å². The number of aliphatic hydroxyl groups is 1. The zero-order valence-electron chi connectivity index (χ0n) is 17.9. The summed E-state index contributed by atoms with van der Waals surface area (Å²) >= 11 is 0. The summed E-state index contributed by atoms with van der Waals surface area (Å²) in [5.41, 5.74) is 0.718. The highest BCUT2D eigenvalue weighted by Gasteiger charge is 2.33. The van der Waals surface area contributed by atoms with Crippen molar-refractivity contribution in [1.29, 1.82) is 0 Å². The fourth-order valence-corrected chi connectivity index (χ4v) is 5.67. The lowest BCUT2D eigenvalue weighted by molar-refractivity contribution is 0.0487. The molecule has 0 amide bonds. The molecule has 0 bridgehead atoms. The quantitative estimate of drug-likeness (QED) is 0.507. The molecule has 1 aromatic heterocycles. The molecule has 1 N–H and O–H groups in total. The molecule has 1 fully saturated rings. The largest absolute Gasteiger partial charge is 0.488 e. The fraction of sp³-hybridized carbons (Fsp3) is 0.333. The highest BCUT2D eigenvalue weighted by atomic mass is 32.2. The molecule has 2 aromatic carbocycles. The Hall–Kier alpha value is -2.75. The van der Waals surface area contributed by atoms with Gasteiger partial charge in [-0.1, -0.05) is 12.1 Å². The van der Waals surface area contributed by atoms with Crippen LogP contribution < -0.4 is 4.74 Å². The first-order chi connectivity index (χ1) is 15.8. The topological polar surface area (TPSA) is 80.0 Å². The van der Waals surface area contributed by atoms with Gasteiger partial charge in [0, 0.05) is 18.2 Å². The van der Waals surface area contributed by atoms with Gasteiger partial charge in [0.2, 0.25) is 0 Å². The van der Waals surface area contributed by atoms with Crippen LogP contribution in [0.5, 0.6) is 5.75 Å². The Balaban J connectivity index is 1.45. The lowest BCUT2D eigenvalue weighted by Gasteiger charge is -2.29. The lowest BCUT2D eigenvalue weighted by Crippen LogP contribution is -2.42. The van der Waals surface area contributed by atoms with Crippen molar-refractivity contribution in [1.82, 2.24) is 4.90 Å². The standard InChI is InChI=1S/C24H25F2NO5S/c25-18-7-5-17(6-8-18)23-10-9-21(32-23)14-27(19-11-12-33(29,30)16-19)13-20(28)15-31-24-4-2-1-3-22(24)26/h1-10,19-20,28H,11-16H2. The minimum Gasteiger partial charge on any atom is -0.488 e. The molecule has 6 nitrogen and oxygen atoms in total. The molecule has 2 heterocycles. The van der Waals surface area contributed by atoms with Gasteiger partial charge in [-0.15, -0.1) is 0 Å². The Labute approximate surface area is 191 Å². The first kappa shape index (κ1) is 23.4. The Morgan fingerprint density at radius 2 is 1.85 bits per heavy atom. The molecule has 2 unspecified atom stereocenters. The second-order valence-corrected chi connectivity index (χ2v) is 10.4. The summed E-state index contributed by atoms with van der Waals surface area (Å²) in [6, 6.07) is 15.1. The maximum atomic E-state index is 13.8. The number of para-hydroxylation sites is 1. The predicted octanol–water partition coefficient (Wildman–Crippen LogP) is 3.65. The van der Waals surface area contributed by atoms with E-state index in [0.717, 1.165) is 5.56 Å². The number of rotatable bonds is 9. The van der Waals surface area contributed by atoms with E-state index < -0.39 is 21.8 Å². The van der Waals surface area contributed by atoms with E-state index in [1.54, 1.807) is 36.4 Å². The highest BCUT2D eigenvalue weighted by Crippen LogP contribution is 2.26. The molecule has 0 aliphatic carbocycles. The Kier molecular flexibility index (Phi) is 7.11. The molecule has 0 spiro atoms. The molecule has 3 aromatic rings. The second-order valence-electron chi connectivity index (χ2n) is 8.15. The van der Waals surface area contributed by atoms with Gasteiger partial charge < -0.3 is 14.3 Å². The summed E-state index contributed by atoms with van der Waals surface area (Å²) < 4.78 is 62.3. The zero-order valence-corrected chi connectivity index (χ0v) is 18.7. The van der Waals surface area contributed by atoms with Crippen molar-refractivity contribution in [3.05, 3.63) is 78.1 Å². The maximum absolute atomic E-state index is 13.8. The molecule has 4 rings (SSSR count). The summed E-state index contributed by atoms with van der Waals surface area (Å²) in [6.45, 7) is 0.259. The van der Waals surface area contributed by atoms with Gasteiger partial charge in [0.05, 0.1) is 18.1 Å². The van der Waals surface area contributed by atoms with Gasteiger partial charge in [0.25, 0.3) is 0 Å². The van der Waals surface area contributed by atoms with Crippen molar-refractivity contribution in [2.45, 2.75) is 25.1 Å². The number of hydrogen-bond donors (Lipinski definition) is 1. The highest BCUT2D eigenvalue weighted by molar-refractivity contribution is 7.91. The van der Waals surface area contributed by atoms with Crippen LogP contribution in [0, 0.1) is 11.6 Å². The van der Waals surface area contributed by atoms with Gasteiger partial charge in [-0.25, -0.2) is 17.2 Å². The zero-order chi connectivity index (χ0) is 23.4. The van der Waals surface area contributed by atoms with E-state index in [9.17, 15) is 22.3 Å². The molecule has 0 radical (unpaired) electrons. The van der Waals surface area contributed by atoms with Gasteiger partial charge in [-0.05, 0) is 55.0 Å². The Bertz CT molecular complexity index is 1180. The van der Waals surface area contributed by atoms with Crippen LogP contribution in [0.1, 0.15) is 12.2 Å². The SMILES string of the molecule is O=S1(=O)CCC(N(Cc2ccc(-c3ccc(F)cc3)o2)CC(O)COc2ccccc2F)C1. The fourth-order valence-electron chi connectivity index (χ4n) is 3.91. The van der Waals surface area contributed by atoms with Gasteiger partial charge >= 0.3 is 0 Å². The van der Waals surface area contributed by atoms with Crippen LogP contribution in [0.2, 0.25) is 0 Å². The molecular weight excluding hydrogens is 452 g/mol. The Morgan fingerprint density at radius 1 is 1.09 bits per heavy atom. The number of sulfone groups is 1. The number of aliphatic hydroxyl groups excluding tert-OH is 1. The van der Waals surface area contributed by atoms with Crippen molar-refractivity contribution in [3.8, 4) is 17.1 Å². The number of hydrogen-bond acceptors (Lipinski definition) is 6. The number of benzene rings is 2. The normalized spacial score (nSPS) is 18.5. The number of furan rings is 1. The van der Waals surface area contributed by atoms with Gasteiger partial charge in [-0.2, -0.15) is 0 Å². The molecule has 9 heteroatoms. The first-order valence-corrected chi connectivity index (χ1v) is 12.5. The van der Waals surface area contributed by atoms with Crippen LogP contribution in [-0.4, -0.2) is 55.2 Å². The molecule has 1 aliphatic heterocycles. The summed E-state index contributed by atoms with van der Waals surface area (Å²) in [7, 11) is -3.14. The van der Waals surface area contributed by atoms with E-state index in [2.05, 4.69) is 0 Å². The van der Waals surface area contributed by atoms with Crippen LogP contribution in [0.3, 0.4) is 0 Å². The molecular formula is C24H25F2NO5S. The molecule has 33 heavy (non-hydrogen) atoms. The van der Waals surface area contributed by atoms with Crippen LogP contribution >= 0.6 is 0 Å². The third-order valence-corrected chi connectivity index (χ3v) is 7.34. The van der Waals surface area contributed by atoms with Crippen molar-refractivity contribution in [2.24, 2.45) is 0 Å². The second kappa shape index (κ2) is 10.0. The van der Waals surface area contributed by atoms with Gasteiger partial charge in [0.15, 0.2) is 21.4 Å². The average Bonchev–Trinajstić information content (AvgIpc) is 3.39. The number of ether oxygens (including phenoxy) is 1. The van der Waals surface area contributed by atoms with E-state index >= 15 is 0 Å². The van der Waals surface area contributed by atoms with Gasteiger partial charge in [0.1, 0.15) is 30.0 Å². The van der Waals surface area contributed by atoms with Crippen LogP contribution in [0.15, 0.2) is 65.1 Å². The molecule has 0 saturated carbocycles. The number of nitrogens with zero attached hydrogens (tertiary/aromatic N) is 1. The van der Waals surface area contributed by atoms with E-state index in [0.29, 0.717) is 17.9 Å². The maximum Gasteiger partial charge on any atom is 0.165 e. The minimum atomic E-state index is -3.14. The molecule has 1 saturated heterocycles. The third kappa shape index (κ3) is 6.19. The summed E-state index contributed by atoms with van der Waals surface area (Å²) in [6.07, 6.45) is -0.520. The summed E-state index contributed by atoms with van der Waals surface area (Å²) in [4.78, 5) is 1.85. The predicted molar refractivity (Wildman–Crippen MR) is 119 cm³/mol. The van der Waals surface area contributed by atoms with Crippen LogP contribution in [0.4, 0.5) is 8.78 Å². The van der Waals surface area contributed by atoms with E-state index in [4.69, 9.17) is 9.15 Å². The van der Waals surface area contributed by atoms with Crippen molar-refractivity contribution >= 4 is 9.84 Å². The number of halogens is 2. The van der Waals surface area contributed by atoms with E-state index in [1.165, 1.54) is 24.3 Å². The Morgan fingerprint density at radius 3 is 2.55 bits per heavy atom. The third-order valence-electron chi connectivity index (χ3n) is 5.59. The van der Waals surface area contributed by atoms with E-state index in [1.807, 2.05) is 4.90 Å². The smallest absolute Gasteiger partial charge is 0.165 e. The average molecular weight is 478 g/mol. The molecule has 1 aliphatic rings. The van der Waals surface area contributed by atoms with Crippen molar-refractivity contribution in [2.75, 3.05) is 24.7 Å². The molecule has 176 valence electrons. The van der Waals surface area contributed by atoms with Crippen molar-refractivity contribution in [3.63, 3.8) is 0 Å². The van der Waals surface area contributed by atoms with Crippen molar-refractivity contribution < 1.29 is 31.5 Å². The summed E-state index contributed by atoms with van der Waals surface area (Å²) in [5, 5.41) is 10.5. The minimum absolute atomic E-state index is 0.000577. The van der Waals surface area contributed by atoms with Gasteiger partial charge in [-0.3, -0.25) is 4.90 Å². The summed E-state index contributed by atoms with van der Waals surface area (Å²) in [5.74, 6) is 0.418. The lowest BCUT2D eigenvalue weighted by atomic mass is 10.2. The first-order valence-electron chi connectivity index (χ1n) is 10.6.